The molecule has 5 heteroatoms. The van der Waals surface area contributed by atoms with E-state index < -0.39 is 0 Å². The minimum atomic E-state index is 0.00741. The van der Waals surface area contributed by atoms with Crippen LogP contribution in [0.25, 0.3) is 0 Å². The molecule has 0 unspecified atom stereocenters. The van der Waals surface area contributed by atoms with Crippen LogP contribution < -0.4 is 10.2 Å². The van der Waals surface area contributed by atoms with Gasteiger partial charge >= 0.3 is 0 Å². The summed E-state index contributed by atoms with van der Waals surface area (Å²) < 4.78 is 0. The minimum Gasteiger partial charge on any atom is -0.365 e. The lowest BCUT2D eigenvalue weighted by molar-refractivity contribution is -0.114. The van der Waals surface area contributed by atoms with Crippen molar-refractivity contribution in [3.05, 3.63) is 60.2 Å². The molecule has 1 aliphatic heterocycles. The molecule has 0 bridgehead atoms. The van der Waals surface area contributed by atoms with E-state index in [0.717, 1.165) is 31.0 Å². The number of likely N-dealkylation sites (N-methyl/N-ethyl adjacent to an activating group) is 1. The average Bonchev–Trinajstić information content (AvgIpc) is 2.65. The lowest BCUT2D eigenvalue weighted by Gasteiger charge is -2.27. The first kappa shape index (κ1) is 17.8. The molecule has 0 aromatic heterocycles. The van der Waals surface area contributed by atoms with E-state index in [1.54, 1.807) is 0 Å². The van der Waals surface area contributed by atoms with E-state index in [4.69, 9.17) is 0 Å². The first-order valence-corrected chi connectivity index (χ1v) is 9.82. The number of para-hydroxylation sites is 2. The highest BCUT2D eigenvalue weighted by Gasteiger charge is 2.14. The van der Waals surface area contributed by atoms with Crippen molar-refractivity contribution in [2.24, 2.45) is 0 Å². The summed E-state index contributed by atoms with van der Waals surface area (Å²) in [7, 11) is 1.94. The molecule has 1 fully saturated rings. The number of anilines is 2. The lowest BCUT2D eigenvalue weighted by Crippen LogP contribution is -2.33. The Hall–Kier alpha value is -1.98. The fourth-order valence-corrected chi connectivity index (χ4v) is 3.94. The van der Waals surface area contributed by atoms with Crippen molar-refractivity contribution in [1.82, 2.24) is 4.90 Å². The van der Waals surface area contributed by atoms with Crippen LogP contribution in [0.2, 0.25) is 0 Å². The van der Waals surface area contributed by atoms with Crippen LogP contribution in [-0.4, -0.2) is 49.0 Å². The second-order valence-corrected chi connectivity index (χ2v) is 7.51. The quantitative estimate of drug-likeness (QED) is 0.862. The smallest absolute Gasteiger partial charge is 0.243 e. The first-order valence-electron chi connectivity index (χ1n) is 8.66. The number of nitrogens with zero attached hydrogens (tertiary/aromatic N) is 2. The van der Waals surface area contributed by atoms with Gasteiger partial charge in [-0.1, -0.05) is 36.4 Å². The van der Waals surface area contributed by atoms with Crippen molar-refractivity contribution in [2.45, 2.75) is 6.54 Å². The van der Waals surface area contributed by atoms with Gasteiger partial charge in [0.2, 0.25) is 5.91 Å². The predicted octanol–water partition coefficient (Wildman–Crippen LogP) is 3.31. The molecule has 4 nitrogen and oxygen atoms in total. The fraction of sp³-hybridized carbons (Fsp3) is 0.350. The number of thioether (sulfide) groups is 1. The van der Waals surface area contributed by atoms with Gasteiger partial charge < -0.3 is 10.2 Å². The molecule has 1 aliphatic rings. The van der Waals surface area contributed by atoms with Crippen molar-refractivity contribution in [3.8, 4) is 0 Å². The Bertz CT molecular complexity index is 686. The molecule has 0 atom stereocenters. The summed E-state index contributed by atoms with van der Waals surface area (Å²) in [4.78, 5) is 16.9. The van der Waals surface area contributed by atoms with Gasteiger partial charge in [0.05, 0.1) is 6.54 Å². The van der Waals surface area contributed by atoms with Gasteiger partial charge in [-0.3, -0.25) is 9.69 Å². The van der Waals surface area contributed by atoms with Gasteiger partial charge in [-0.15, -0.1) is 0 Å². The van der Waals surface area contributed by atoms with Gasteiger partial charge in [0.25, 0.3) is 0 Å². The molecule has 2 aromatic rings. The van der Waals surface area contributed by atoms with Crippen molar-refractivity contribution >= 4 is 29.0 Å². The van der Waals surface area contributed by atoms with E-state index in [1.165, 1.54) is 17.1 Å². The number of hydrogen-bond acceptors (Lipinski definition) is 4. The zero-order valence-corrected chi connectivity index (χ0v) is 15.5. The zero-order valence-electron chi connectivity index (χ0n) is 14.6. The normalized spacial score (nSPS) is 14.9. The maximum absolute atomic E-state index is 12.5. The van der Waals surface area contributed by atoms with E-state index in [9.17, 15) is 4.79 Å². The van der Waals surface area contributed by atoms with Crippen LogP contribution in [0.1, 0.15) is 5.56 Å². The second-order valence-electron chi connectivity index (χ2n) is 6.29. The Morgan fingerprint density at radius 1 is 1.08 bits per heavy atom. The first-order chi connectivity index (χ1) is 12.2. The van der Waals surface area contributed by atoms with Crippen LogP contribution in [0.5, 0.6) is 0 Å². The second kappa shape index (κ2) is 8.92. The third-order valence-corrected chi connectivity index (χ3v) is 5.31. The van der Waals surface area contributed by atoms with Crippen LogP contribution in [0.15, 0.2) is 54.6 Å². The SMILES string of the molecule is CN(CC(=O)Nc1ccccc1CN1CCSCC1)c1ccccc1. The average molecular weight is 356 g/mol. The summed E-state index contributed by atoms with van der Waals surface area (Å²) in [5.74, 6) is 2.39. The molecule has 0 spiro atoms. The molecule has 0 aliphatic carbocycles. The highest BCUT2D eigenvalue weighted by molar-refractivity contribution is 7.99. The summed E-state index contributed by atoms with van der Waals surface area (Å²) in [6.07, 6.45) is 0. The van der Waals surface area contributed by atoms with E-state index in [2.05, 4.69) is 16.3 Å². The molecule has 0 saturated carbocycles. The van der Waals surface area contributed by atoms with Gasteiger partial charge in [-0.25, -0.2) is 0 Å². The number of carbonyl (C=O) groups is 1. The number of amides is 1. The van der Waals surface area contributed by atoms with Crippen LogP contribution in [0.4, 0.5) is 11.4 Å². The Balaban J connectivity index is 1.61. The third-order valence-electron chi connectivity index (χ3n) is 4.37. The topological polar surface area (TPSA) is 35.6 Å². The maximum Gasteiger partial charge on any atom is 0.243 e. The number of rotatable bonds is 6. The molecule has 3 rings (SSSR count). The van der Waals surface area contributed by atoms with Crippen LogP contribution in [0.3, 0.4) is 0 Å². The molecule has 1 heterocycles. The number of hydrogen-bond donors (Lipinski definition) is 1. The molecular formula is C20H25N3OS. The molecule has 2 aromatic carbocycles. The third kappa shape index (κ3) is 5.25. The minimum absolute atomic E-state index is 0.00741. The van der Waals surface area contributed by atoms with Gasteiger partial charge in [0, 0.05) is 49.6 Å². The Kier molecular flexibility index (Phi) is 6.36. The Morgan fingerprint density at radius 2 is 1.76 bits per heavy atom. The lowest BCUT2D eigenvalue weighted by atomic mass is 10.1. The van der Waals surface area contributed by atoms with Gasteiger partial charge in [0.15, 0.2) is 0 Å². The molecular weight excluding hydrogens is 330 g/mol. The number of benzene rings is 2. The summed E-state index contributed by atoms with van der Waals surface area (Å²) in [6, 6.07) is 18.1. The van der Waals surface area contributed by atoms with Gasteiger partial charge in [-0.05, 0) is 23.8 Å². The Morgan fingerprint density at radius 3 is 2.52 bits per heavy atom. The standard InChI is InChI=1S/C20H25N3OS/c1-22(18-8-3-2-4-9-18)16-20(24)21-19-10-6-5-7-17(19)15-23-11-13-25-14-12-23/h2-10H,11-16H2,1H3,(H,21,24). The van der Waals surface area contributed by atoms with Crippen LogP contribution in [-0.2, 0) is 11.3 Å². The summed E-state index contributed by atoms with van der Waals surface area (Å²) in [5.41, 5.74) is 3.15. The van der Waals surface area contributed by atoms with Crippen molar-refractivity contribution < 1.29 is 4.79 Å². The van der Waals surface area contributed by atoms with E-state index in [-0.39, 0.29) is 5.91 Å². The van der Waals surface area contributed by atoms with Crippen molar-refractivity contribution in [1.29, 1.82) is 0 Å². The Labute approximate surface area is 154 Å². The van der Waals surface area contributed by atoms with Crippen LogP contribution in [0, 0.1) is 0 Å². The molecule has 0 radical (unpaired) electrons. The fourth-order valence-electron chi connectivity index (χ4n) is 2.96. The van der Waals surface area contributed by atoms with Crippen LogP contribution >= 0.6 is 11.8 Å². The molecule has 25 heavy (non-hydrogen) atoms. The molecule has 132 valence electrons. The highest BCUT2D eigenvalue weighted by Crippen LogP contribution is 2.20. The number of nitrogens with one attached hydrogen (secondary N) is 1. The van der Waals surface area contributed by atoms with Gasteiger partial charge in [-0.2, -0.15) is 11.8 Å². The zero-order chi connectivity index (χ0) is 17.5. The molecule has 1 N–H and O–H groups in total. The maximum atomic E-state index is 12.5. The van der Waals surface area contributed by atoms with Crippen molar-refractivity contribution in [3.63, 3.8) is 0 Å². The monoisotopic (exact) mass is 355 g/mol. The summed E-state index contributed by atoms with van der Waals surface area (Å²) in [6.45, 7) is 3.46. The van der Waals surface area contributed by atoms with E-state index in [0.29, 0.717) is 6.54 Å². The summed E-state index contributed by atoms with van der Waals surface area (Å²) in [5, 5.41) is 3.09. The molecule has 1 saturated heterocycles. The van der Waals surface area contributed by atoms with Crippen molar-refractivity contribution in [2.75, 3.05) is 48.4 Å². The largest absolute Gasteiger partial charge is 0.365 e. The molecule has 1 amide bonds. The van der Waals surface area contributed by atoms with Gasteiger partial charge in [0.1, 0.15) is 0 Å². The van der Waals surface area contributed by atoms with E-state index >= 15 is 0 Å². The highest BCUT2D eigenvalue weighted by atomic mass is 32.2. The van der Waals surface area contributed by atoms with E-state index in [1.807, 2.05) is 72.2 Å². The summed E-state index contributed by atoms with van der Waals surface area (Å²) >= 11 is 2.01. The predicted molar refractivity (Wildman–Crippen MR) is 107 cm³/mol. The number of carbonyl (C=O) groups excluding carboxylic acids is 1.